The molecule has 0 bridgehead atoms. The summed E-state index contributed by atoms with van der Waals surface area (Å²) in [5, 5.41) is 11.7. The number of amides is 2. The van der Waals surface area contributed by atoms with Crippen molar-refractivity contribution in [3.05, 3.63) is 53.1 Å². The number of hydrogen-bond acceptors (Lipinski definition) is 4. The number of aryl methyl sites for hydroxylation is 2. The molecule has 3 rings (SSSR count). The molecule has 0 unspecified atom stereocenters. The van der Waals surface area contributed by atoms with Gasteiger partial charge < -0.3 is 20.1 Å². The van der Waals surface area contributed by atoms with Gasteiger partial charge in [0.15, 0.2) is 6.61 Å². The predicted molar refractivity (Wildman–Crippen MR) is 105 cm³/mol. The van der Waals surface area contributed by atoms with Crippen LogP contribution in [0.4, 0.5) is 11.4 Å². The Morgan fingerprint density at radius 3 is 2.46 bits per heavy atom. The summed E-state index contributed by atoms with van der Waals surface area (Å²) in [6.45, 7) is 3.72. The van der Waals surface area contributed by atoms with Crippen LogP contribution in [0.5, 0.6) is 5.75 Å². The van der Waals surface area contributed by atoms with Crippen LogP contribution in [0.3, 0.4) is 0 Å². The summed E-state index contributed by atoms with van der Waals surface area (Å²) < 4.78 is 5.31. The topological polar surface area (TPSA) is 95.9 Å². The van der Waals surface area contributed by atoms with Gasteiger partial charge in [0.1, 0.15) is 5.75 Å². The molecule has 2 aromatic rings. The van der Waals surface area contributed by atoms with Crippen molar-refractivity contribution in [3.63, 3.8) is 0 Å². The van der Waals surface area contributed by atoms with E-state index in [1.165, 1.54) is 0 Å². The van der Waals surface area contributed by atoms with Gasteiger partial charge in [0, 0.05) is 18.5 Å². The number of nitrogens with zero attached hydrogens (tertiary/aromatic N) is 1. The van der Waals surface area contributed by atoms with Gasteiger partial charge in [-0.1, -0.05) is 12.1 Å². The molecular weight excluding hydrogens is 360 g/mol. The van der Waals surface area contributed by atoms with E-state index in [0.29, 0.717) is 46.8 Å². The average Bonchev–Trinajstić information content (AvgIpc) is 3.07. The minimum atomic E-state index is -1.06. The van der Waals surface area contributed by atoms with Gasteiger partial charge in [-0.25, -0.2) is 4.79 Å². The number of nitrogens with one attached hydrogen (secondary N) is 1. The number of carboxylic acids is 1. The summed E-state index contributed by atoms with van der Waals surface area (Å²) in [5.41, 5.74) is 3.04. The van der Waals surface area contributed by atoms with E-state index in [1.54, 1.807) is 43.0 Å². The minimum Gasteiger partial charge on any atom is -0.481 e. The van der Waals surface area contributed by atoms with Crippen molar-refractivity contribution >= 4 is 29.2 Å². The number of carbonyl (C=O) groups excluding carboxylic acids is 2. The quantitative estimate of drug-likeness (QED) is 0.800. The molecule has 0 aromatic heterocycles. The molecule has 0 spiro atoms. The number of hydrogen-bond donors (Lipinski definition) is 2. The Kier molecular flexibility index (Phi) is 5.63. The zero-order valence-electron chi connectivity index (χ0n) is 15.8. The number of rotatable bonds is 6. The number of ether oxygens (including phenoxy) is 1. The molecule has 1 aliphatic heterocycles. The Bertz CT molecular complexity index is 915. The zero-order chi connectivity index (χ0) is 20.3. The molecule has 1 aliphatic rings. The molecule has 7 nitrogen and oxygen atoms in total. The lowest BCUT2D eigenvalue weighted by molar-refractivity contribution is -0.139. The molecule has 1 saturated heterocycles. The van der Waals surface area contributed by atoms with Crippen LogP contribution >= 0.6 is 0 Å². The summed E-state index contributed by atoms with van der Waals surface area (Å²) in [7, 11) is 0. The van der Waals surface area contributed by atoms with Crippen LogP contribution in [0, 0.1) is 13.8 Å². The Balaban J connectivity index is 1.82. The van der Waals surface area contributed by atoms with Crippen molar-refractivity contribution in [3.8, 4) is 5.75 Å². The maximum atomic E-state index is 12.8. The van der Waals surface area contributed by atoms with E-state index in [1.807, 2.05) is 12.1 Å². The highest BCUT2D eigenvalue weighted by molar-refractivity contribution is 6.08. The molecule has 2 amide bonds. The first-order chi connectivity index (χ1) is 13.4. The van der Waals surface area contributed by atoms with E-state index in [0.717, 1.165) is 6.42 Å². The third-order valence-electron chi connectivity index (χ3n) is 4.58. The lowest BCUT2D eigenvalue weighted by Crippen LogP contribution is -2.25. The standard InChI is InChI=1S/C21H22N2O5/c1-13-10-15(11-14(2)20(13)28-12-19(25)26)21(27)22-16-6-3-4-7-17(16)23-9-5-8-18(23)24/h3-4,6-7,10-11H,5,8-9,12H2,1-2H3,(H,22,27)(H,25,26). The lowest BCUT2D eigenvalue weighted by Gasteiger charge is -2.20. The fourth-order valence-electron chi connectivity index (χ4n) is 3.35. The van der Waals surface area contributed by atoms with Crippen molar-refractivity contribution in [2.24, 2.45) is 0 Å². The molecule has 0 aliphatic carbocycles. The van der Waals surface area contributed by atoms with Crippen LogP contribution < -0.4 is 15.0 Å². The van der Waals surface area contributed by atoms with Crippen LogP contribution in [-0.2, 0) is 9.59 Å². The summed E-state index contributed by atoms with van der Waals surface area (Å²) in [6, 6.07) is 10.5. The van der Waals surface area contributed by atoms with Crippen molar-refractivity contribution in [1.29, 1.82) is 0 Å². The number of carboxylic acid groups (broad SMARTS) is 1. The SMILES string of the molecule is Cc1cc(C(=O)Nc2ccccc2N2CCCC2=O)cc(C)c1OCC(=O)O. The van der Waals surface area contributed by atoms with E-state index >= 15 is 0 Å². The van der Waals surface area contributed by atoms with Crippen molar-refractivity contribution < 1.29 is 24.2 Å². The lowest BCUT2D eigenvalue weighted by atomic mass is 10.0. The number of anilines is 2. The van der Waals surface area contributed by atoms with Gasteiger partial charge in [0.05, 0.1) is 11.4 Å². The zero-order valence-corrected chi connectivity index (χ0v) is 15.8. The maximum absolute atomic E-state index is 12.8. The normalized spacial score (nSPS) is 13.5. The predicted octanol–water partition coefficient (Wildman–Crippen LogP) is 3.15. The largest absolute Gasteiger partial charge is 0.481 e. The first kappa shape index (κ1) is 19.4. The third-order valence-corrected chi connectivity index (χ3v) is 4.58. The molecule has 2 N–H and O–H groups in total. The van der Waals surface area contributed by atoms with Crippen molar-refractivity contribution in [1.82, 2.24) is 0 Å². The van der Waals surface area contributed by atoms with E-state index in [4.69, 9.17) is 9.84 Å². The molecule has 2 aromatic carbocycles. The van der Waals surface area contributed by atoms with Crippen LogP contribution in [0.2, 0.25) is 0 Å². The van der Waals surface area contributed by atoms with Gasteiger partial charge in [-0.15, -0.1) is 0 Å². The molecule has 0 radical (unpaired) electrons. The van der Waals surface area contributed by atoms with Crippen LogP contribution in [-0.4, -0.2) is 36.0 Å². The number of aliphatic carboxylic acids is 1. The van der Waals surface area contributed by atoms with Crippen LogP contribution in [0.15, 0.2) is 36.4 Å². The molecular formula is C21H22N2O5. The van der Waals surface area contributed by atoms with E-state index in [-0.39, 0.29) is 11.8 Å². The van der Waals surface area contributed by atoms with Gasteiger partial charge >= 0.3 is 5.97 Å². The summed E-state index contributed by atoms with van der Waals surface area (Å²) in [5.74, 6) is -0.862. The second-order valence-corrected chi connectivity index (χ2v) is 6.74. The monoisotopic (exact) mass is 382 g/mol. The number of para-hydroxylation sites is 2. The van der Waals surface area contributed by atoms with Gasteiger partial charge in [0.2, 0.25) is 5.91 Å². The van der Waals surface area contributed by atoms with E-state index < -0.39 is 12.6 Å². The average molecular weight is 382 g/mol. The third kappa shape index (κ3) is 4.14. The van der Waals surface area contributed by atoms with Crippen molar-refractivity contribution in [2.75, 3.05) is 23.4 Å². The van der Waals surface area contributed by atoms with E-state index in [9.17, 15) is 14.4 Å². The summed E-state index contributed by atoms with van der Waals surface area (Å²) >= 11 is 0. The first-order valence-corrected chi connectivity index (χ1v) is 9.03. The summed E-state index contributed by atoms with van der Waals surface area (Å²) in [6.07, 6.45) is 1.32. The maximum Gasteiger partial charge on any atom is 0.341 e. The molecule has 1 heterocycles. The number of carbonyl (C=O) groups is 3. The van der Waals surface area contributed by atoms with Gasteiger partial charge in [-0.2, -0.15) is 0 Å². The van der Waals surface area contributed by atoms with Gasteiger partial charge in [0.25, 0.3) is 5.91 Å². The second-order valence-electron chi connectivity index (χ2n) is 6.74. The number of benzene rings is 2. The van der Waals surface area contributed by atoms with Crippen LogP contribution in [0.1, 0.15) is 34.3 Å². The Morgan fingerprint density at radius 2 is 1.86 bits per heavy atom. The molecule has 1 fully saturated rings. The molecule has 0 saturated carbocycles. The van der Waals surface area contributed by atoms with Crippen molar-refractivity contribution in [2.45, 2.75) is 26.7 Å². The molecule has 146 valence electrons. The van der Waals surface area contributed by atoms with Crippen LogP contribution in [0.25, 0.3) is 0 Å². The Labute approximate surface area is 162 Å². The highest BCUT2D eigenvalue weighted by Crippen LogP contribution is 2.30. The highest BCUT2D eigenvalue weighted by atomic mass is 16.5. The minimum absolute atomic E-state index is 0.0494. The van der Waals surface area contributed by atoms with Gasteiger partial charge in [-0.3, -0.25) is 9.59 Å². The second kappa shape index (κ2) is 8.12. The Hall–Kier alpha value is -3.35. The molecule has 28 heavy (non-hydrogen) atoms. The first-order valence-electron chi connectivity index (χ1n) is 9.03. The molecule has 7 heteroatoms. The summed E-state index contributed by atoms with van der Waals surface area (Å²) in [4.78, 5) is 37.3. The van der Waals surface area contributed by atoms with E-state index in [2.05, 4.69) is 5.32 Å². The molecule has 0 atom stereocenters. The highest BCUT2D eigenvalue weighted by Gasteiger charge is 2.24. The fraction of sp³-hybridized carbons (Fsp3) is 0.286. The fourth-order valence-corrected chi connectivity index (χ4v) is 3.35. The smallest absolute Gasteiger partial charge is 0.341 e. The van der Waals surface area contributed by atoms with Gasteiger partial charge in [-0.05, 0) is 55.7 Å². The Morgan fingerprint density at radius 1 is 1.18 bits per heavy atom.